The summed E-state index contributed by atoms with van der Waals surface area (Å²) in [7, 11) is 0. The van der Waals surface area contributed by atoms with Gasteiger partial charge in [-0.15, -0.1) is 11.3 Å². The second-order valence-electron chi connectivity index (χ2n) is 16.0. The number of benzene rings is 10. The zero-order valence-corrected chi connectivity index (χ0v) is 35.1. The highest BCUT2D eigenvalue weighted by atomic mass is 32.1. The summed E-state index contributed by atoms with van der Waals surface area (Å²) in [5, 5.41) is 4.68. The van der Waals surface area contributed by atoms with Crippen LogP contribution in [0, 0.1) is 0 Å². The van der Waals surface area contributed by atoms with E-state index in [9.17, 15) is 0 Å². The Morgan fingerprint density at radius 3 is 1.49 bits per heavy atom. The van der Waals surface area contributed by atoms with Crippen LogP contribution in [0.2, 0.25) is 0 Å². The molecule has 0 fully saturated rings. The van der Waals surface area contributed by atoms with Gasteiger partial charge in [0.25, 0.3) is 0 Å². The Bertz CT molecular complexity index is 3530. The predicted octanol–water partition coefficient (Wildman–Crippen LogP) is 17.8. The molecule has 0 radical (unpaired) electrons. The number of nitrogens with zero attached hydrogens (tertiary/aromatic N) is 1. The van der Waals surface area contributed by atoms with Crippen molar-refractivity contribution < 1.29 is 4.42 Å². The lowest BCUT2D eigenvalue weighted by molar-refractivity contribution is 0.670. The molecule has 3 heteroatoms. The van der Waals surface area contributed by atoms with Gasteiger partial charge in [0.15, 0.2) is 0 Å². The van der Waals surface area contributed by atoms with Gasteiger partial charge < -0.3 is 9.32 Å². The van der Waals surface area contributed by atoms with Crippen molar-refractivity contribution in [2.24, 2.45) is 0 Å². The number of thiophene rings is 1. The summed E-state index contributed by atoms with van der Waals surface area (Å²) in [6.07, 6.45) is 0. The standard InChI is InChI=1S/C60H39NOS/c1-5-16-40(17-6-1)45-36-46(41-18-7-2-8-19-41)38-47(37-45)42-28-30-48(31-29-42)61(49-32-35-56-54(39-49)52-26-15-25-50(59(52)62-56)43-20-9-3-10-21-43)55-34-33-51(44-22-11-4-12-23-44)60-58(55)53-24-13-14-27-57(53)63-60/h1-39H. The molecule has 2 nitrogen and oxygen atoms in total. The molecular formula is C60H39NOS. The molecule has 0 saturated heterocycles. The van der Waals surface area contributed by atoms with Crippen LogP contribution in [0.5, 0.6) is 0 Å². The minimum atomic E-state index is 0.866. The number of hydrogen-bond acceptors (Lipinski definition) is 3. The molecule has 0 spiro atoms. The molecule has 10 aromatic carbocycles. The Labute approximate surface area is 370 Å². The van der Waals surface area contributed by atoms with E-state index >= 15 is 0 Å². The van der Waals surface area contributed by atoms with Gasteiger partial charge in [-0.1, -0.05) is 176 Å². The second kappa shape index (κ2) is 15.5. The molecule has 296 valence electrons. The Kier molecular flexibility index (Phi) is 9.06. The highest BCUT2D eigenvalue weighted by Gasteiger charge is 2.23. The van der Waals surface area contributed by atoms with Gasteiger partial charge in [-0.25, -0.2) is 0 Å². The van der Waals surface area contributed by atoms with Crippen molar-refractivity contribution >= 4 is 70.5 Å². The van der Waals surface area contributed by atoms with Crippen LogP contribution in [-0.2, 0) is 0 Å². The lowest BCUT2D eigenvalue weighted by Crippen LogP contribution is -2.10. The zero-order valence-electron chi connectivity index (χ0n) is 34.3. The quantitative estimate of drug-likeness (QED) is 0.152. The number of fused-ring (bicyclic) bond motifs is 6. The van der Waals surface area contributed by atoms with E-state index in [1.54, 1.807) is 0 Å². The monoisotopic (exact) mass is 821 g/mol. The molecular weight excluding hydrogens is 783 g/mol. The maximum Gasteiger partial charge on any atom is 0.143 e. The summed E-state index contributed by atoms with van der Waals surface area (Å²) < 4.78 is 9.24. The molecule has 12 rings (SSSR count). The van der Waals surface area contributed by atoms with Gasteiger partial charge in [-0.3, -0.25) is 0 Å². The number of anilines is 3. The van der Waals surface area contributed by atoms with Gasteiger partial charge >= 0.3 is 0 Å². The van der Waals surface area contributed by atoms with E-state index in [1.165, 1.54) is 59.1 Å². The summed E-state index contributed by atoms with van der Waals surface area (Å²) >= 11 is 1.87. The van der Waals surface area contributed by atoms with E-state index in [4.69, 9.17) is 4.42 Å². The van der Waals surface area contributed by atoms with Crippen molar-refractivity contribution in [1.29, 1.82) is 0 Å². The normalized spacial score (nSPS) is 11.5. The van der Waals surface area contributed by atoms with Crippen LogP contribution in [0.1, 0.15) is 0 Å². The van der Waals surface area contributed by atoms with Crippen molar-refractivity contribution in [3.63, 3.8) is 0 Å². The molecule has 0 amide bonds. The molecule has 0 aliphatic carbocycles. The second-order valence-corrected chi connectivity index (χ2v) is 17.1. The van der Waals surface area contributed by atoms with Gasteiger partial charge in [-0.05, 0) is 111 Å². The van der Waals surface area contributed by atoms with Gasteiger partial charge in [0.2, 0.25) is 0 Å². The third-order valence-corrected chi connectivity index (χ3v) is 13.5. The average molecular weight is 822 g/mol. The van der Waals surface area contributed by atoms with Crippen molar-refractivity contribution in [1.82, 2.24) is 0 Å². The largest absolute Gasteiger partial charge is 0.455 e. The summed E-state index contributed by atoms with van der Waals surface area (Å²) in [6.45, 7) is 0. The molecule has 0 saturated carbocycles. The Morgan fingerprint density at radius 1 is 0.333 bits per heavy atom. The molecule has 0 bridgehead atoms. The first-order chi connectivity index (χ1) is 31.2. The van der Waals surface area contributed by atoms with Crippen molar-refractivity contribution in [2.45, 2.75) is 0 Å². The van der Waals surface area contributed by atoms with E-state index in [1.807, 2.05) is 11.3 Å². The van der Waals surface area contributed by atoms with E-state index in [2.05, 4.69) is 241 Å². The molecule has 0 aliphatic rings. The van der Waals surface area contributed by atoms with E-state index in [0.717, 1.165) is 55.7 Å². The summed E-state index contributed by atoms with van der Waals surface area (Å²) in [6, 6.07) is 85.3. The minimum Gasteiger partial charge on any atom is -0.455 e. The van der Waals surface area contributed by atoms with Crippen LogP contribution in [0.3, 0.4) is 0 Å². The number of furan rings is 1. The van der Waals surface area contributed by atoms with Gasteiger partial charge in [0.1, 0.15) is 11.2 Å². The van der Waals surface area contributed by atoms with Crippen LogP contribution in [0.25, 0.3) is 97.7 Å². The number of hydrogen-bond donors (Lipinski definition) is 0. The predicted molar refractivity (Wildman–Crippen MR) is 268 cm³/mol. The maximum atomic E-state index is 6.70. The lowest BCUT2D eigenvalue weighted by atomic mass is 9.93. The van der Waals surface area contributed by atoms with Crippen LogP contribution in [0.15, 0.2) is 241 Å². The lowest BCUT2D eigenvalue weighted by Gasteiger charge is -2.27. The molecule has 12 aromatic rings. The summed E-state index contributed by atoms with van der Waals surface area (Å²) in [5.41, 5.74) is 16.8. The highest BCUT2D eigenvalue weighted by molar-refractivity contribution is 7.26. The SMILES string of the molecule is c1ccc(-c2cc(-c3ccccc3)cc(-c3ccc(N(c4ccc5oc6c(-c7ccccc7)cccc6c5c4)c4ccc(-c5ccccc5)c5sc6ccccc6c45)cc3)c2)cc1. The number of para-hydroxylation sites is 1. The molecule has 63 heavy (non-hydrogen) atoms. The highest BCUT2D eigenvalue weighted by Crippen LogP contribution is 2.49. The number of rotatable bonds is 8. The first-order valence-electron chi connectivity index (χ1n) is 21.4. The molecule has 2 heterocycles. The Hall–Kier alpha value is -7.98. The Morgan fingerprint density at radius 2 is 0.857 bits per heavy atom. The van der Waals surface area contributed by atoms with Crippen molar-refractivity contribution in [3.8, 4) is 55.6 Å². The van der Waals surface area contributed by atoms with E-state index in [0.29, 0.717) is 0 Å². The fraction of sp³-hybridized carbons (Fsp3) is 0. The third kappa shape index (κ3) is 6.58. The van der Waals surface area contributed by atoms with Gasteiger partial charge in [0, 0.05) is 47.9 Å². The fourth-order valence-corrected chi connectivity index (χ4v) is 10.5. The molecule has 0 aliphatic heterocycles. The fourth-order valence-electron chi connectivity index (χ4n) is 9.23. The minimum absolute atomic E-state index is 0.866. The molecule has 0 atom stereocenters. The first-order valence-corrected chi connectivity index (χ1v) is 22.2. The third-order valence-electron chi connectivity index (χ3n) is 12.3. The van der Waals surface area contributed by atoms with E-state index in [-0.39, 0.29) is 0 Å². The topological polar surface area (TPSA) is 16.4 Å². The smallest absolute Gasteiger partial charge is 0.143 e. The van der Waals surface area contributed by atoms with Crippen LogP contribution in [0.4, 0.5) is 17.1 Å². The summed E-state index contributed by atoms with van der Waals surface area (Å²) in [5.74, 6) is 0. The van der Waals surface area contributed by atoms with Crippen LogP contribution in [-0.4, -0.2) is 0 Å². The van der Waals surface area contributed by atoms with Gasteiger partial charge in [-0.2, -0.15) is 0 Å². The molecule has 0 unspecified atom stereocenters. The maximum absolute atomic E-state index is 6.70. The van der Waals surface area contributed by atoms with Crippen LogP contribution >= 0.6 is 11.3 Å². The molecule has 0 N–H and O–H groups in total. The average Bonchev–Trinajstić information content (AvgIpc) is 3.94. The van der Waals surface area contributed by atoms with Crippen LogP contribution < -0.4 is 4.90 Å². The van der Waals surface area contributed by atoms with Crippen molar-refractivity contribution in [3.05, 3.63) is 237 Å². The Balaban J connectivity index is 1.06. The van der Waals surface area contributed by atoms with Gasteiger partial charge in [0.05, 0.1) is 5.69 Å². The van der Waals surface area contributed by atoms with Crippen molar-refractivity contribution in [2.75, 3.05) is 4.90 Å². The first kappa shape index (κ1) is 36.8. The zero-order chi connectivity index (χ0) is 41.7. The van der Waals surface area contributed by atoms with E-state index < -0.39 is 0 Å². The molecule has 2 aromatic heterocycles. The summed E-state index contributed by atoms with van der Waals surface area (Å²) in [4.78, 5) is 2.44.